The standard InChI is InChI=1S/C23H24N2O2S/c26-14-18-3-1-2-4-19(18)16-5-6-17-12-22(28-21(17)11-16)23(27)24-20-13-25-9-7-15(20)8-10-25/h1-6,11-12,15,20,26H,7-10,13-14H2,(H,24,27)/t20-/m0/s1. The number of carbonyl (C=O) groups excluding carboxylic acids is 1. The molecule has 3 aromatic rings. The van der Waals surface area contributed by atoms with Gasteiger partial charge in [-0.25, -0.2) is 0 Å². The van der Waals surface area contributed by atoms with Gasteiger partial charge in [-0.15, -0.1) is 11.3 Å². The fourth-order valence-electron chi connectivity index (χ4n) is 4.62. The van der Waals surface area contributed by atoms with E-state index >= 15 is 0 Å². The Bertz CT molecular complexity index is 1020. The molecule has 0 unspecified atom stereocenters. The zero-order chi connectivity index (χ0) is 19.1. The average molecular weight is 393 g/mol. The maximum absolute atomic E-state index is 12.9. The van der Waals surface area contributed by atoms with Crippen molar-refractivity contribution in [2.24, 2.45) is 5.92 Å². The summed E-state index contributed by atoms with van der Waals surface area (Å²) < 4.78 is 1.10. The summed E-state index contributed by atoms with van der Waals surface area (Å²) in [5, 5.41) is 14.0. The zero-order valence-electron chi connectivity index (χ0n) is 15.7. The van der Waals surface area contributed by atoms with E-state index in [0.29, 0.717) is 5.92 Å². The molecule has 2 N–H and O–H groups in total. The largest absolute Gasteiger partial charge is 0.392 e. The first-order valence-corrected chi connectivity index (χ1v) is 10.8. The number of rotatable bonds is 4. The van der Waals surface area contributed by atoms with Crippen molar-refractivity contribution in [1.29, 1.82) is 0 Å². The molecule has 5 heteroatoms. The second-order valence-electron chi connectivity index (χ2n) is 7.90. The number of benzene rings is 2. The molecule has 1 atom stereocenters. The number of hydrogen-bond acceptors (Lipinski definition) is 4. The smallest absolute Gasteiger partial charge is 0.261 e. The molecule has 0 saturated carbocycles. The molecular weight excluding hydrogens is 368 g/mol. The summed E-state index contributed by atoms with van der Waals surface area (Å²) in [4.78, 5) is 16.1. The maximum atomic E-state index is 12.9. The number of aliphatic hydroxyl groups excluding tert-OH is 1. The van der Waals surface area contributed by atoms with Crippen molar-refractivity contribution in [2.75, 3.05) is 19.6 Å². The Balaban J connectivity index is 1.40. The minimum absolute atomic E-state index is 0.0197. The Kier molecular flexibility index (Phi) is 4.67. The van der Waals surface area contributed by atoms with Crippen molar-refractivity contribution in [3.05, 3.63) is 59.0 Å². The average Bonchev–Trinajstić information content (AvgIpc) is 3.18. The Morgan fingerprint density at radius 3 is 2.71 bits per heavy atom. The fraction of sp³-hybridized carbons (Fsp3) is 0.348. The highest BCUT2D eigenvalue weighted by molar-refractivity contribution is 7.20. The molecule has 1 amide bonds. The number of piperidine rings is 3. The van der Waals surface area contributed by atoms with Gasteiger partial charge in [0.1, 0.15) is 0 Å². The van der Waals surface area contributed by atoms with Gasteiger partial charge in [-0.2, -0.15) is 0 Å². The van der Waals surface area contributed by atoms with E-state index in [1.54, 1.807) is 11.3 Å². The van der Waals surface area contributed by atoms with Crippen LogP contribution in [0.3, 0.4) is 0 Å². The number of thiophene rings is 1. The summed E-state index contributed by atoms with van der Waals surface area (Å²) in [5.41, 5.74) is 3.03. The number of hydrogen-bond donors (Lipinski definition) is 2. The minimum Gasteiger partial charge on any atom is -0.392 e. The van der Waals surface area contributed by atoms with E-state index in [2.05, 4.69) is 28.4 Å². The molecule has 4 heterocycles. The quantitative estimate of drug-likeness (QED) is 0.708. The van der Waals surface area contributed by atoms with Gasteiger partial charge in [0.2, 0.25) is 0 Å². The van der Waals surface area contributed by atoms with Gasteiger partial charge < -0.3 is 15.3 Å². The van der Waals surface area contributed by atoms with E-state index in [4.69, 9.17) is 0 Å². The van der Waals surface area contributed by atoms with Crippen molar-refractivity contribution >= 4 is 27.3 Å². The molecule has 28 heavy (non-hydrogen) atoms. The molecule has 144 valence electrons. The van der Waals surface area contributed by atoms with E-state index in [-0.39, 0.29) is 18.6 Å². The normalized spacial score (nSPS) is 23.8. The van der Waals surface area contributed by atoms with Crippen LogP contribution in [0.2, 0.25) is 0 Å². The molecule has 6 rings (SSSR count). The Hall–Kier alpha value is -2.21. The number of aliphatic hydroxyl groups is 1. The van der Waals surface area contributed by atoms with Crippen LogP contribution in [0.4, 0.5) is 0 Å². The molecule has 3 aliphatic rings. The van der Waals surface area contributed by atoms with Crippen LogP contribution in [0, 0.1) is 5.92 Å². The number of amides is 1. The molecular formula is C23H24N2O2S. The van der Waals surface area contributed by atoms with Crippen molar-refractivity contribution in [1.82, 2.24) is 10.2 Å². The molecule has 2 bridgehead atoms. The zero-order valence-corrected chi connectivity index (χ0v) is 16.5. The molecule has 3 aliphatic heterocycles. The van der Waals surface area contributed by atoms with E-state index < -0.39 is 0 Å². The van der Waals surface area contributed by atoms with Crippen LogP contribution in [0.15, 0.2) is 48.5 Å². The summed E-state index contributed by atoms with van der Waals surface area (Å²) in [6.07, 6.45) is 2.40. The van der Waals surface area contributed by atoms with Crippen LogP contribution in [0.5, 0.6) is 0 Å². The predicted molar refractivity (Wildman–Crippen MR) is 114 cm³/mol. The SMILES string of the molecule is O=C(N[C@H]1CN2CCC1CC2)c1cc2ccc(-c3ccccc3CO)cc2s1. The third-order valence-corrected chi connectivity index (χ3v) is 7.31. The van der Waals surface area contributed by atoms with Gasteiger partial charge in [0, 0.05) is 17.3 Å². The lowest BCUT2D eigenvalue weighted by molar-refractivity contribution is 0.0622. The Morgan fingerprint density at radius 2 is 1.96 bits per heavy atom. The first-order chi connectivity index (χ1) is 13.7. The van der Waals surface area contributed by atoms with Crippen LogP contribution >= 0.6 is 11.3 Å². The summed E-state index contributed by atoms with van der Waals surface area (Å²) in [6, 6.07) is 16.4. The second kappa shape index (κ2) is 7.32. The lowest BCUT2D eigenvalue weighted by Gasteiger charge is -2.44. The maximum Gasteiger partial charge on any atom is 0.261 e. The third-order valence-electron chi connectivity index (χ3n) is 6.22. The molecule has 2 aromatic carbocycles. The highest BCUT2D eigenvalue weighted by Gasteiger charge is 2.35. The van der Waals surface area contributed by atoms with Gasteiger partial charge in [-0.3, -0.25) is 4.79 Å². The first kappa shape index (κ1) is 17.9. The monoisotopic (exact) mass is 392 g/mol. The van der Waals surface area contributed by atoms with Gasteiger partial charge in [0.05, 0.1) is 11.5 Å². The van der Waals surface area contributed by atoms with E-state index in [1.165, 1.54) is 25.9 Å². The van der Waals surface area contributed by atoms with Gasteiger partial charge in [-0.05, 0) is 66.1 Å². The summed E-state index contributed by atoms with van der Waals surface area (Å²) in [7, 11) is 0. The highest BCUT2D eigenvalue weighted by atomic mass is 32.1. The topological polar surface area (TPSA) is 52.6 Å². The minimum atomic E-state index is 0.0197. The molecule has 0 aliphatic carbocycles. The molecule has 1 aromatic heterocycles. The predicted octanol–water partition coefficient (Wildman–Crippen LogP) is 3.88. The Labute approximate surface area is 168 Å². The van der Waals surface area contributed by atoms with Crippen LogP contribution in [-0.4, -0.2) is 41.6 Å². The molecule has 3 saturated heterocycles. The number of carbonyl (C=O) groups is 1. The number of nitrogens with zero attached hydrogens (tertiary/aromatic N) is 1. The van der Waals surface area contributed by atoms with Crippen LogP contribution < -0.4 is 5.32 Å². The van der Waals surface area contributed by atoms with Gasteiger partial charge in [0.25, 0.3) is 5.91 Å². The summed E-state index contributed by atoms with van der Waals surface area (Å²) in [5.74, 6) is 0.683. The van der Waals surface area contributed by atoms with Crippen LogP contribution in [-0.2, 0) is 6.61 Å². The van der Waals surface area contributed by atoms with Crippen LogP contribution in [0.1, 0.15) is 28.1 Å². The second-order valence-corrected chi connectivity index (χ2v) is 8.98. The Morgan fingerprint density at radius 1 is 1.14 bits per heavy atom. The highest BCUT2D eigenvalue weighted by Crippen LogP contribution is 2.33. The van der Waals surface area contributed by atoms with Gasteiger partial charge in [0.15, 0.2) is 0 Å². The van der Waals surface area contributed by atoms with E-state index in [9.17, 15) is 9.90 Å². The molecule has 4 nitrogen and oxygen atoms in total. The first-order valence-electron chi connectivity index (χ1n) is 9.97. The summed E-state index contributed by atoms with van der Waals surface area (Å²) in [6.45, 7) is 3.37. The van der Waals surface area contributed by atoms with Gasteiger partial charge in [-0.1, -0.05) is 36.4 Å². The molecule has 0 spiro atoms. The van der Waals surface area contributed by atoms with Crippen LogP contribution in [0.25, 0.3) is 21.2 Å². The fourth-order valence-corrected chi connectivity index (χ4v) is 5.62. The van der Waals surface area contributed by atoms with Crippen molar-refractivity contribution in [3.8, 4) is 11.1 Å². The van der Waals surface area contributed by atoms with E-state index in [1.807, 2.05) is 30.3 Å². The van der Waals surface area contributed by atoms with Crippen molar-refractivity contribution < 1.29 is 9.90 Å². The van der Waals surface area contributed by atoms with Gasteiger partial charge >= 0.3 is 0 Å². The summed E-state index contributed by atoms with van der Waals surface area (Å²) >= 11 is 1.55. The van der Waals surface area contributed by atoms with E-state index in [0.717, 1.165) is 38.2 Å². The lowest BCUT2D eigenvalue weighted by Crippen LogP contribution is -2.57. The number of nitrogens with one attached hydrogen (secondary N) is 1. The number of fused-ring (bicyclic) bond motifs is 4. The lowest BCUT2D eigenvalue weighted by atomic mass is 9.84. The molecule has 3 fully saturated rings. The van der Waals surface area contributed by atoms with Crippen molar-refractivity contribution in [3.63, 3.8) is 0 Å². The molecule has 0 radical (unpaired) electrons. The van der Waals surface area contributed by atoms with Crippen molar-refractivity contribution in [2.45, 2.75) is 25.5 Å². The third kappa shape index (κ3) is 3.24.